The molecule has 1 heterocycles. The van der Waals surface area contributed by atoms with Gasteiger partial charge in [-0.2, -0.15) is 0 Å². The highest BCUT2D eigenvalue weighted by Crippen LogP contribution is 2.13. The lowest BCUT2D eigenvalue weighted by molar-refractivity contribution is -0.136. The fraction of sp³-hybridized carbons (Fsp3) is 0.500. The Hall–Kier alpha value is -1.97. The first-order chi connectivity index (χ1) is 11.7. The van der Waals surface area contributed by atoms with Crippen molar-refractivity contribution in [2.24, 2.45) is 11.1 Å². The Morgan fingerprint density at radius 3 is 2.16 bits per heavy atom. The maximum atomic E-state index is 12.1. The summed E-state index contributed by atoms with van der Waals surface area (Å²) < 4.78 is 22.4. The lowest BCUT2D eigenvalue weighted by Crippen LogP contribution is -2.51. The number of hydrogen-bond donors (Lipinski definition) is 2. The highest BCUT2D eigenvalue weighted by Gasteiger charge is 2.23. The van der Waals surface area contributed by atoms with Gasteiger partial charge in [-0.15, -0.1) is 0 Å². The smallest absolute Gasteiger partial charge is 0.238 e. The fourth-order valence-electron chi connectivity index (χ4n) is 2.62. The minimum Gasteiger partial charge on any atom is -0.340 e. The van der Waals surface area contributed by atoms with Crippen molar-refractivity contribution in [3.63, 3.8) is 0 Å². The molecule has 1 saturated heterocycles. The van der Waals surface area contributed by atoms with E-state index in [4.69, 9.17) is 5.14 Å². The van der Waals surface area contributed by atoms with E-state index in [2.05, 4.69) is 5.32 Å². The maximum absolute atomic E-state index is 12.1. The highest BCUT2D eigenvalue weighted by atomic mass is 32.2. The van der Waals surface area contributed by atoms with Gasteiger partial charge in [0, 0.05) is 37.8 Å². The van der Waals surface area contributed by atoms with Crippen molar-refractivity contribution in [3.05, 3.63) is 24.3 Å². The maximum Gasteiger partial charge on any atom is 0.238 e. The number of nitrogens with zero attached hydrogens (tertiary/aromatic N) is 2. The van der Waals surface area contributed by atoms with Gasteiger partial charge in [0.05, 0.1) is 11.4 Å². The number of piperazine rings is 1. The molecule has 25 heavy (non-hydrogen) atoms. The molecule has 1 aliphatic heterocycles. The summed E-state index contributed by atoms with van der Waals surface area (Å²) in [7, 11) is -3.74. The monoisotopic (exact) mass is 368 g/mol. The third-order valence-electron chi connectivity index (χ3n) is 4.01. The molecular weight excluding hydrogens is 344 g/mol. The quantitative estimate of drug-likeness (QED) is 0.764. The zero-order chi connectivity index (χ0) is 18.6. The van der Waals surface area contributed by atoms with Crippen molar-refractivity contribution in [3.8, 4) is 0 Å². The molecule has 1 aromatic rings. The van der Waals surface area contributed by atoms with E-state index < -0.39 is 10.0 Å². The van der Waals surface area contributed by atoms with Crippen molar-refractivity contribution in [2.45, 2.75) is 18.7 Å². The second kappa shape index (κ2) is 7.94. The molecule has 0 spiro atoms. The minimum absolute atomic E-state index is 0.00330. The van der Waals surface area contributed by atoms with Gasteiger partial charge in [0.15, 0.2) is 0 Å². The molecule has 3 N–H and O–H groups in total. The third-order valence-corrected chi connectivity index (χ3v) is 4.94. The first kappa shape index (κ1) is 19.4. The average molecular weight is 368 g/mol. The molecule has 0 bridgehead atoms. The standard InChI is InChI=1S/C16H24N4O4S/c1-12(2)16(22)20-9-7-19(8-10-20)11-15(21)18-13-3-5-14(6-4-13)25(17,23)24/h3-6,12H,7-11H2,1-2H3,(H,18,21)(H2,17,23,24). The zero-order valence-electron chi connectivity index (χ0n) is 14.4. The fourth-order valence-corrected chi connectivity index (χ4v) is 3.14. The van der Waals surface area contributed by atoms with Crippen molar-refractivity contribution >= 4 is 27.5 Å². The van der Waals surface area contributed by atoms with Crippen LogP contribution in [0.2, 0.25) is 0 Å². The number of rotatable bonds is 5. The van der Waals surface area contributed by atoms with Gasteiger partial charge in [-0.25, -0.2) is 13.6 Å². The van der Waals surface area contributed by atoms with Gasteiger partial charge >= 0.3 is 0 Å². The summed E-state index contributed by atoms with van der Waals surface area (Å²) in [5.74, 6) is -0.0683. The Morgan fingerprint density at radius 1 is 1.12 bits per heavy atom. The number of anilines is 1. The van der Waals surface area contributed by atoms with Crippen LogP contribution in [0, 0.1) is 5.92 Å². The SMILES string of the molecule is CC(C)C(=O)N1CCN(CC(=O)Nc2ccc(S(N)(=O)=O)cc2)CC1. The van der Waals surface area contributed by atoms with E-state index in [9.17, 15) is 18.0 Å². The molecule has 0 saturated carbocycles. The molecule has 9 heteroatoms. The van der Waals surface area contributed by atoms with E-state index in [1.807, 2.05) is 23.6 Å². The van der Waals surface area contributed by atoms with E-state index >= 15 is 0 Å². The van der Waals surface area contributed by atoms with E-state index in [1.165, 1.54) is 24.3 Å². The van der Waals surface area contributed by atoms with Crippen LogP contribution >= 0.6 is 0 Å². The molecule has 1 aliphatic rings. The molecule has 2 amide bonds. The Labute approximate surface area is 148 Å². The van der Waals surface area contributed by atoms with Crippen LogP contribution in [0.4, 0.5) is 5.69 Å². The second-order valence-electron chi connectivity index (χ2n) is 6.37. The molecule has 0 atom stereocenters. The lowest BCUT2D eigenvalue weighted by Gasteiger charge is -2.35. The lowest BCUT2D eigenvalue weighted by atomic mass is 10.1. The molecule has 8 nitrogen and oxygen atoms in total. The molecule has 0 aromatic heterocycles. The van der Waals surface area contributed by atoms with Crippen molar-refractivity contribution in [1.29, 1.82) is 0 Å². The number of hydrogen-bond acceptors (Lipinski definition) is 5. The number of carbonyl (C=O) groups excluding carboxylic acids is 2. The summed E-state index contributed by atoms with van der Waals surface area (Å²) >= 11 is 0. The largest absolute Gasteiger partial charge is 0.340 e. The van der Waals surface area contributed by atoms with Crippen molar-refractivity contribution in [2.75, 3.05) is 38.0 Å². The summed E-state index contributed by atoms with van der Waals surface area (Å²) in [5, 5.41) is 7.76. The number of nitrogens with two attached hydrogens (primary N) is 1. The molecule has 2 rings (SSSR count). The van der Waals surface area contributed by atoms with E-state index in [-0.39, 0.29) is 29.2 Å². The van der Waals surface area contributed by atoms with Gasteiger partial charge in [-0.3, -0.25) is 14.5 Å². The molecule has 0 aliphatic carbocycles. The van der Waals surface area contributed by atoms with Crippen LogP contribution in [-0.4, -0.2) is 62.8 Å². The van der Waals surface area contributed by atoms with Crippen LogP contribution in [0.15, 0.2) is 29.2 Å². The summed E-state index contributed by atoms with van der Waals surface area (Å²) in [5.41, 5.74) is 0.506. The van der Waals surface area contributed by atoms with Gasteiger partial charge in [-0.1, -0.05) is 13.8 Å². The van der Waals surface area contributed by atoms with Crippen LogP contribution in [0.3, 0.4) is 0 Å². The molecule has 1 fully saturated rings. The van der Waals surface area contributed by atoms with Crippen LogP contribution in [-0.2, 0) is 19.6 Å². The third kappa shape index (κ3) is 5.52. The minimum atomic E-state index is -3.74. The van der Waals surface area contributed by atoms with E-state index in [0.717, 1.165) is 0 Å². The number of nitrogens with one attached hydrogen (secondary N) is 1. The average Bonchev–Trinajstić information content (AvgIpc) is 2.54. The highest BCUT2D eigenvalue weighted by molar-refractivity contribution is 7.89. The van der Waals surface area contributed by atoms with Crippen LogP contribution in [0.25, 0.3) is 0 Å². The zero-order valence-corrected chi connectivity index (χ0v) is 15.3. The van der Waals surface area contributed by atoms with E-state index in [0.29, 0.717) is 31.9 Å². The molecular formula is C16H24N4O4S. The number of benzene rings is 1. The summed E-state index contributed by atoms with van der Waals surface area (Å²) in [6.45, 7) is 6.51. The predicted octanol–water partition coefficient (Wildman–Crippen LogP) is 0.0727. The van der Waals surface area contributed by atoms with Crippen molar-refractivity contribution < 1.29 is 18.0 Å². The summed E-state index contributed by atoms with van der Waals surface area (Å²) in [6, 6.07) is 5.69. The molecule has 0 radical (unpaired) electrons. The normalized spacial score (nSPS) is 16.1. The first-order valence-corrected chi connectivity index (χ1v) is 9.65. The first-order valence-electron chi connectivity index (χ1n) is 8.10. The van der Waals surface area contributed by atoms with Gasteiger partial charge in [0.25, 0.3) is 0 Å². The Balaban J connectivity index is 1.82. The second-order valence-corrected chi connectivity index (χ2v) is 7.94. The number of sulfonamides is 1. The molecule has 1 aromatic carbocycles. The van der Waals surface area contributed by atoms with Crippen LogP contribution in [0.5, 0.6) is 0 Å². The molecule has 0 unspecified atom stereocenters. The van der Waals surface area contributed by atoms with Gasteiger partial charge in [0.1, 0.15) is 0 Å². The molecule has 138 valence electrons. The Bertz CT molecular complexity index is 723. The van der Waals surface area contributed by atoms with Crippen LogP contribution < -0.4 is 10.5 Å². The van der Waals surface area contributed by atoms with Crippen molar-refractivity contribution in [1.82, 2.24) is 9.80 Å². The number of primary sulfonamides is 1. The van der Waals surface area contributed by atoms with E-state index in [1.54, 1.807) is 0 Å². The Morgan fingerprint density at radius 2 is 1.68 bits per heavy atom. The summed E-state index contributed by atoms with van der Waals surface area (Å²) in [6.07, 6.45) is 0. The predicted molar refractivity (Wildman–Crippen MR) is 94.3 cm³/mol. The summed E-state index contributed by atoms with van der Waals surface area (Å²) in [4.78, 5) is 27.9. The van der Waals surface area contributed by atoms with Gasteiger partial charge in [-0.05, 0) is 24.3 Å². The Kier molecular flexibility index (Phi) is 6.15. The number of carbonyl (C=O) groups is 2. The van der Waals surface area contributed by atoms with Crippen LogP contribution in [0.1, 0.15) is 13.8 Å². The van der Waals surface area contributed by atoms with Gasteiger partial charge in [0.2, 0.25) is 21.8 Å². The van der Waals surface area contributed by atoms with Gasteiger partial charge < -0.3 is 10.2 Å². The number of amides is 2. The topological polar surface area (TPSA) is 113 Å².